The summed E-state index contributed by atoms with van der Waals surface area (Å²) < 4.78 is 0. The van der Waals surface area contributed by atoms with Crippen LogP contribution in [-0.4, -0.2) is 29.6 Å². The third kappa shape index (κ3) is 3.23. The topological polar surface area (TPSA) is 15.3 Å². The zero-order valence-electron chi connectivity index (χ0n) is 12.9. The van der Waals surface area contributed by atoms with Gasteiger partial charge in [0.05, 0.1) is 0 Å². The Morgan fingerprint density at radius 1 is 1.45 bits per heavy atom. The maximum Gasteiger partial charge on any atom is 0.0476 e. The molecule has 1 heterocycles. The van der Waals surface area contributed by atoms with Gasteiger partial charge in [0.15, 0.2) is 0 Å². The van der Waals surface area contributed by atoms with Crippen molar-refractivity contribution in [1.29, 1.82) is 0 Å². The van der Waals surface area contributed by atoms with Crippen LogP contribution in [0.2, 0.25) is 0 Å². The molecule has 0 amide bonds. The maximum absolute atomic E-state index is 5.53. The second kappa shape index (κ2) is 6.43. The molecular weight excluding hydrogens is 244 g/mol. The van der Waals surface area contributed by atoms with Crippen LogP contribution in [0.1, 0.15) is 45.2 Å². The highest BCUT2D eigenvalue weighted by atomic mass is 15.3. The van der Waals surface area contributed by atoms with Crippen LogP contribution in [0.4, 0.5) is 0 Å². The highest BCUT2D eigenvalue weighted by Crippen LogP contribution is 2.30. The summed E-state index contributed by atoms with van der Waals surface area (Å²) in [5.74, 6) is 2.82. The van der Waals surface area contributed by atoms with Crippen LogP contribution >= 0.6 is 0 Å². The van der Waals surface area contributed by atoms with Gasteiger partial charge in [-0.25, -0.2) is 0 Å². The molecule has 0 radical (unpaired) electrons. The van der Waals surface area contributed by atoms with Gasteiger partial charge < -0.3 is 5.32 Å². The molecule has 0 spiro atoms. The Labute approximate surface area is 123 Å². The van der Waals surface area contributed by atoms with Crippen molar-refractivity contribution in [1.82, 2.24) is 10.2 Å². The van der Waals surface area contributed by atoms with Crippen LogP contribution in [0.5, 0.6) is 0 Å². The summed E-state index contributed by atoms with van der Waals surface area (Å²) in [5.41, 5.74) is 1.57. The minimum Gasteiger partial charge on any atom is -0.308 e. The third-order valence-corrected chi connectivity index (χ3v) is 4.60. The maximum atomic E-state index is 5.53. The number of hydrogen-bond acceptors (Lipinski definition) is 2. The van der Waals surface area contributed by atoms with Crippen LogP contribution in [0.15, 0.2) is 30.3 Å². The average molecular weight is 270 g/mol. The lowest BCUT2D eigenvalue weighted by Gasteiger charge is -2.48. The smallest absolute Gasteiger partial charge is 0.0476 e. The average Bonchev–Trinajstić information content (AvgIpc) is 2.48. The molecule has 1 aromatic carbocycles. The van der Waals surface area contributed by atoms with Gasteiger partial charge in [0.2, 0.25) is 0 Å². The van der Waals surface area contributed by atoms with E-state index >= 15 is 0 Å². The van der Waals surface area contributed by atoms with E-state index in [1.54, 1.807) is 0 Å². The predicted molar refractivity (Wildman–Crippen MR) is 85.5 cm³/mol. The number of terminal acetylenes is 1. The van der Waals surface area contributed by atoms with E-state index in [2.05, 4.69) is 67.2 Å². The molecule has 3 unspecified atom stereocenters. The standard InChI is InChI=1S/C18H26N2/c1-5-10-15(3)20-14-18(4,6-2)19-13-17(20)16-11-8-7-9-12-16/h1,7-9,11-12,15,17,19H,6,10,13-14H2,2-4H3. The fourth-order valence-electron chi connectivity index (χ4n) is 3.00. The Hall–Kier alpha value is -1.30. The molecule has 1 aliphatic heterocycles. The van der Waals surface area contributed by atoms with Crippen LogP contribution in [0, 0.1) is 12.3 Å². The summed E-state index contributed by atoms with van der Waals surface area (Å²) in [5, 5.41) is 3.73. The zero-order valence-corrected chi connectivity index (χ0v) is 12.9. The SMILES string of the molecule is C#CCC(C)N1CC(C)(CC)NCC1c1ccccc1. The minimum atomic E-state index is 0.189. The number of benzene rings is 1. The van der Waals surface area contributed by atoms with Crippen molar-refractivity contribution in [3.05, 3.63) is 35.9 Å². The highest BCUT2D eigenvalue weighted by Gasteiger charge is 2.37. The Morgan fingerprint density at radius 2 is 2.15 bits per heavy atom. The molecule has 1 aliphatic rings. The van der Waals surface area contributed by atoms with Crippen molar-refractivity contribution in [2.24, 2.45) is 0 Å². The van der Waals surface area contributed by atoms with Gasteiger partial charge in [-0.3, -0.25) is 4.90 Å². The van der Waals surface area contributed by atoms with Crippen molar-refractivity contribution < 1.29 is 0 Å². The fraction of sp³-hybridized carbons (Fsp3) is 0.556. The first-order valence-electron chi connectivity index (χ1n) is 7.59. The van der Waals surface area contributed by atoms with E-state index in [1.165, 1.54) is 5.56 Å². The van der Waals surface area contributed by atoms with Crippen molar-refractivity contribution in [3.8, 4) is 12.3 Å². The normalized spacial score (nSPS) is 28.8. The van der Waals surface area contributed by atoms with Gasteiger partial charge in [-0.2, -0.15) is 0 Å². The fourth-order valence-corrected chi connectivity index (χ4v) is 3.00. The van der Waals surface area contributed by atoms with Crippen LogP contribution in [-0.2, 0) is 0 Å². The molecule has 0 aromatic heterocycles. The minimum absolute atomic E-state index is 0.189. The summed E-state index contributed by atoms with van der Waals surface area (Å²) >= 11 is 0. The number of nitrogens with one attached hydrogen (secondary N) is 1. The molecule has 1 saturated heterocycles. The zero-order chi connectivity index (χ0) is 14.6. The number of rotatable bonds is 4. The van der Waals surface area contributed by atoms with Crippen molar-refractivity contribution in [2.45, 2.75) is 51.2 Å². The van der Waals surface area contributed by atoms with E-state index in [1.807, 2.05) is 0 Å². The monoisotopic (exact) mass is 270 g/mol. The van der Waals surface area contributed by atoms with Gasteiger partial charge in [0, 0.05) is 37.1 Å². The lowest BCUT2D eigenvalue weighted by molar-refractivity contribution is 0.0527. The first-order valence-corrected chi connectivity index (χ1v) is 7.59. The molecule has 1 aromatic rings. The first kappa shape index (κ1) is 15.1. The molecule has 108 valence electrons. The molecule has 20 heavy (non-hydrogen) atoms. The second-order valence-corrected chi connectivity index (χ2v) is 6.15. The first-order chi connectivity index (χ1) is 9.59. The van der Waals surface area contributed by atoms with Gasteiger partial charge in [0.25, 0.3) is 0 Å². The summed E-state index contributed by atoms with van der Waals surface area (Å²) in [6.45, 7) is 8.84. The molecule has 2 rings (SSSR count). The van der Waals surface area contributed by atoms with Crippen molar-refractivity contribution in [2.75, 3.05) is 13.1 Å². The van der Waals surface area contributed by atoms with Gasteiger partial charge in [0.1, 0.15) is 0 Å². The lowest BCUT2D eigenvalue weighted by Crippen LogP contribution is -2.61. The van der Waals surface area contributed by atoms with Crippen LogP contribution < -0.4 is 5.32 Å². The molecule has 0 bridgehead atoms. The molecular formula is C18H26N2. The van der Waals surface area contributed by atoms with Gasteiger partial charge in [-0.1, -0.05) is 37.3 Å². The summed E-state index contributed by atoms with van der Waals surface area (Å²) in [6.07, 6.45) is 7.47. The molecule has 2 heteroatoms. The Morgan fingerprint density at radius 3 is 2.75 bits per heavy atom. The molecule has 2 nitrogen and oxygen atoms in total. The molecule has 1 fully saturated rings. The van der Waals surface area contributed by atoms with E-state index in [9.17, 15) is 0 Å². The lowest BCUT2D eigenvalue weighted by atomic mass is 9.89. The van der Waals surface area contributed by atoms with Gasteiger partial charge in [-0.15, -0.1) is 12.3 Å². The third-order valence-electron chi connectivity index (χ3n) is 4.60. The predicted octanol–water partition coefficient (Wildman–Crippen LogP) is 3.21. The molecule has 0 saturated carbocycles. The van der Waals surface area contributed by atoms with E-state index < -0.39 is 0 Å². The highest BCUT2D eigenvalue weighted by molar-refractivity contribution is 5.21. The summed E-state index contributed by atoms with van der Waals surface area (Å²) in [6, 6.07) is 11.6. The van der Waals surface area contributed by atoms with E-state index in [0.29, 0.717) is 12.1 Å². The largest absolute Gasteiger partial charge is 0.308 e. The van der Waals surface area contributed by atoms with Crippen molar-refractivity contribution >= 4 is 0 Å². The summed E-state index contributed by atoms with van der Waals surface area (Å²) in [4.78, 5) is 2.58. The Kier molecular flexibility index (Phi) is 4.86. The number of nitrogens with zero attached hydrogens (tertiary/aromatic N) is 1. The molecule has 3 atom stereocenters. The van der Waals surface area contributed by atoms with E-state index in [-0.39, 0.29) is 5.54 Å². The summed E-state index contributed by atoms with van der Waals surface area (Å²) in [7, 11) is 0. The van der Waals surface area contributed by atoms with E-state index in [4.69, 9.17) is 6.42 Å². The quantitative estimate of drug-likeness (QED) is 0.845. The number of hydrogen-bond donors (Lipinski definition) is 1. The van der Waals surface area contributed by atoms with E-state index in [0.717, 1.165) is 25.9 Å². The van der Waals surface area contributed by atoms with Crippen molar-refractivity contribution in [3.63, 3.8) is 0 Å². The second-order valence-electron chi connectivity index (χ2n) is 6.15. The Bertz CT molecular complexity index is 462. The Balaban J connectivity index is 2.24. The number of piperazine rings is 1. The van der Waals surface area contributed by atoms with Gasteiger partial charge in [-0.05, 0) is 25.8 Å². The molecule has 1 N–H and O–H groups in total. The van der Waals surface area contributed by atoms with Gasteiger partial charge >= 0.3 is 0 Å². The van der Waals surface area contributed by atoms with Crippen LogP contribution in [0.3, 0.4) is 0 Å². The molecule has 0 aliphatic carbocycles. The van der Waals surface area contributed by atoms with Crippen LogP contribution in [0.25, 0.3) is 0 Å².